The first-order chi connectivity index (χ1) is 11.6. The normalized spacial score (nSPS) is 16.2. The molecular weight excluding hydrogens is 302 g/mol. The highest BCUT2D eigenvalue weighted by Gasteiger charge is 2.22. The molecule has 0 aliphatic carbocycles. The third-order valence-electron chi connectivity index (χ3n) is 4.53. The molecule has 1 unspecified atom stereocenters. The van der Waals surface area contributed by atoms with Crippen LogP contribution in [-0.2, 0) is 4.79 Å². The largest absolute Gasteiger partial charge is 0.349 e. The van der Waals surface area contributed by atoms with Crippen LogP contribution in [0.1, 0.15) is 36.5 Å². The number of nitrogens with one attached hydrogen (secondary N) is 3. The molecule has 0 spiro atoms. The monoisotopic (exact) mass is 329 g/mol. The van der Waals surface area contributed by atoms with E-state index in [1.165, 1.54) is 0 Å². The molecule has 0 saturated carbocycles. The van der Waals surface area contributed by atoms with E-state index in [-0.39, 0.29) is 11.8 Å². The summed E-state index contributed by atoms with van der Waals surface area (Å²) in [5.41, 5.74) is 1.29. The van der Waals surface area contributed by atoms with E-state index < -0.39 is 0 Å². The van der Waals surface area contributed by atoms with Crippen LogP contribution in [-0.4, -0.2) is 31.4 Å². The topological polar surface area (TPSA) is 70.2 Å². The minimum Gasteiger partial charge on any atom is -0.349 e. The van der Waals surface area contributed by atoms with Crippen molar-refractivity contribution in [3.8, 4) is 0 Å². The molecule has 24 heavy (non-hydrogen) atoms. The maximum absolute atomic E-state index is 12.2. The Balaban J connectivity index is 1.82. The van der Waals surface area contributed by atoms with Crippen LogP contribution in [0.2, 0.25) is 0 Å². The molecule has 1 saturated heterocycles. The Morgan fingerprint density at radius 1 is 1.29 bits per heavy atom. The van der Waals surface area contributed by atoms with Crippen molar-refractivity contribution in [2.75, 3.05) is 25.0 Å². The molecule has 1 aromatic rings. The zero-order valence-electron chi connectivity index (χ0n) is 14.3. The summed E-state index contributed by atoms with van der Waals surface area (Å²) >= 11 is 0. The summed E-state index contributed by atoms with van der Waals surface area (Å²) in [5, 5.41) is 8.99. The molecule has 130 valence electrons. The van der Waals surface area contributed by atoms with Gasteiger partial charge in [0.15, 0.2) is 0 Å². The van der Waals surface area contributed by atoms with Gasteiger partial charge in [-0.3, -0.25) is 9.59 Å². The SMILES string of the molecule is C=CCNC(=O)c1ccc(NC(=O)CC(C)C2CCNCC2)cc1. The van der Waals surface area contributed by atoms with Crippen LogP contribution in [0.25, 0.3) is 0 Å². The van der Waals surface area contributed by atoms with Crippen molar-refractivity contribution in [1.29, 1.82) is 0 Å². The van der Waals surface area contributed by atoms with E-state index in [1.807, 2.05) is 0 Å². The molecule has 1 atom stereocenters. The molecule has 1 aliphatic heterocycles. The third-order valence-corrected chi connectivity index (χ3v) is 4.53. The second-order valence-corrected chi connectivity index (χ2v) is 6.39. The van der Waals surface area contributed by atoms with Crippen molar-refractivity contribution < 1.29 is 9.59 Å². The quantitative estimate of drug-likeness (QED) is 0.673. The molecule has 3 N–H and O–H groups in total. The number of rotatable bonds is 7. The Morgan fingerprint density at radius 2 is 1.96 bits per heavy atom. The van der Waals surface area contributed by atoms with E-state index in [0.29, 0.717) is 30.4 Å². The molecule has 1 fully saturated rings. The fourth-order valence-corrected chi connectivity index (χ4v) is 3.06. The van der Waals surface area contributed by atoms with Gasteiger partial charge in [0.1, 0.15) is 0 Å². The van der Waals surface area contributed by atoms with E-state index in [9.17, 15) is 9.59 Å². The van der Waals surface area contributed by atoms with Gasteiger partial charge in [-0.2, -0.15) is 0 Å². The molecule has 0 radical (unpaired) electrons. The lowest BCUT2D eigenvalue weighted by atomic mass is 9.84. The van der Waals surface area contributed by atoms with Crippen LogP contribution in [0.5, 0.6) is 0 Å². The highest BCUT2D eigenvalue weighted by Crippen LogP contribution is 2.24. The van der Waals surface area contributed by atoms with Crippen molar-refractivity contribution in [3.05, 3.63) is 42.5 Å². The fraction of sp³-hybridized carbons (Fsp3) is 0.474. The van der Waals surface area contributed by atoms with Gasteiger partial charge in [0.25, 0.3) is 5.91 Å². The zero-order chi connectivity index (χ0) is 17.4. The first kappa shape index (κ1) is 18.2. The number of carbonyl (C=O) groups excluding carboxylic acids is 2. The summed E-state index contributed by atoms with van der Waals surface area (Å²) in [6.45, 7) is 8.25. The Bertz CT molecular complexity index is 562. The molecule has 2 rings (SSSR count). The van der Waals surface area contributed by atoms with E-state index >= 15 is 0 Å². The highest BCUT2D eigenvalue weighted by molar-refractivity contribution is 5.95. The summed E-state index contributed by atoms with van der Waals surface area (Å²) in [5.74, 6) is 0.890. The second-order valence-electron chi connectivity index (χ2n) is 6.39. The highest BCUT2D eigenvalue weighted by atomic mass is 16.2. The van der Waals surface area contributed by atoms with Gasteiger partial charge in [-0.15, -0.1) is 6.58 Å². The predicted octanol–water partition coefficient (Wildman–Crippen LogP) is 2.57. The fourth-order valence-electron chi connectivity index (χ4n) is 3.06. The lowest BCUT2D eigenvalue weighted by Crippen LogP contribution is -2.32. The molecule has 1 heterocycles. The van der Waals surface area contributed by atoms with E-state index in [4.69, 9.17) is 0 Å². The molecule has 0 bridgehead atoms. The average Bonchev–Trinajstić information content (AvgIpc) is 2.61. The Labute approximate surface area is 143 Å². The smallest absolute Gasteiger partial charge is 0.251 e. The van der Waals surface area contributed by atoms with Crippen LogP contribution in [0, 0.1) is 11.8 Å². The van der Waals surface area contributed by atoms with Gasteiger partial charge >= 0.3 is 0 Å². The molecule has 5 nitrogen and oxygen atoms in total. The molecule has 2 amide bonds. The summed E-state index contributed by atoms with van der Waals surface area (Å²) in [4.78, 5) is 24.0. The number of piperidine rings is 1. The first-order valence-electron chi connectivity index (χ1n) is 8.60. The predicted molar refractivity (Wildman–Crippen MR) is 97.0 cm³/mol. The maximum Gasteiger partial charge on any atom is 0.251 e. The van der Waals surface area contributed by atoms with Crippen LogP contribution >= 0.6 is 0 Å². The number of amides is 2. The lowest BCUT2D eigenvalue weighted by molar-refractivity contribution is -0.117. The standard InChI is InChI=1S/C19H27N3O2/c1-3-10-21-19(24)16-4-6-17(7-5-16)22-18(23)13-14(2)15-8-11-20-12-9-15/h3-7,14-15,20H,1,8-13H2,2H3,(H,21,24)(H,22,23). The van der Waals surface area contributed by atoms with Gasteiger partial charge in [0.2, 0.25) is 5.91 Å². The van der Waals surface area contributed by atoms with E-state index in [0.717, 1.165) is 31.6 Å². The van der Waals surface area contributed by atoms with Gasteiger partial charge in [-0.05, 0) is 62.0 Å². The molecule has 1 aliphatic rings. The van der Waals surface area contributed by atoms with Crippen LogP contribution in [0.15, 0.2) is 36.9 Å². The molecular formula is C19H27N3O2. The number of carbonyl (C=O) groups is 2. The van der Waals surface area contributed by atoms with Crippen molar-refractivity contribution >= 4 is 17.5 Å². The second kappa shape index (κ2) is 9.23. The molecule has 0 aromatic heterocycles. The molecule has 5 heteroatoms. The van der Waals surface area contributed by atoms with E-state index in [2.05, 4.69) is 29.5 Å². The van der Waals surface area contributed by atoms with Crippen LogP contribution in [0.3, 0.4) is 0 Å². The lowest BCUT2D eigenvalue weighted by Gasteiger charge is -2.27. The van der Waals surface area contributed by atoms with Crippen LogP contribution in [0.4, 0.5) is 5.69 Å². The Kier molecular flexibility index (Phi) is 7.00. The summed E-state index contributed by atoms with van der Waals surface area (Å²) in [6, 6.07) is 6.94. The number of hydrogen-bond acceptors (Lipinski definition) is 3. The number of benzene rings is 1. The maximum atomic E-state index is 12.2. The van der Waals surface area contributed by atoms with Gasteiger partial charge < -0.3 is 16.0 Å². The summed E-state index contributed by atoms with van der Waals surface area (Å²) in [6.07, 6.45) is 4.45. The number of hydrogen-bond donors (Lipinski definition) is 3. The third kappa shape index (κ3) is 5.49. The Hall–Kier alpha value is -2.14. The Morgan fingerprint density at radius 3 is 2.58 bits per heavy atom. The van der Waals surface area contributed by atoms with Gasteiger partial charge in [-0.25, -0.2) is 0 Å². The minimum absolute atomic E-state index is 0.0323. The van der Waals surface area contributed by atoms with Crippen molar-refractivity contribution in [1.82, 2.24) is 10.6 Å². The van der Waals surface area contributed by atoms with Gasteiger partial charge in [0, 0.05) is 24.2 Å². The van der Waals surface area contributed by atoms with Gasteiger partial charge in [-0.1, -0.05) is 13.0 Å². The number of anilines is 1. The minimum atomic E-state index is -0.146. The van der Waals surface area contributed by atoms with Crippen LogP contribution < -0.4 is 16.0 Å². The van der Waals surface area contributed by atoms with E-state index in [1.54, 1.807) is 30.3 Å². The van der Waals surface area contributed by atoms with Gasteiger partial charge in [0.05, 0.1) is 0 Å². The van der Waals surface area contributed by atoms with Crippen molar-refractivity contribution in [3.63, 3.8) is 0 Å². The summed E-state index contributed by atoms with van der Waals surface area (Å²) < 4.78 is 0. The zero-order valence-corrected chi connectivity index (χ0v) is 14.3. The summed E-state index contributed by atoms with van der Waals surface area (Å²) in [7, 11) is 0. The van der Waals surface area contributed by atoms with Crippen molar-refractivity contribution in [2.24, 2.45) is 11.8 Å². The molecule has 1 aromatic carbocycles. The average molecular weight is 329 g/mol. The first-order valence-corrected chi connectivity index (χ1v) is 8.60. The van der Waals surface area contributed by atoms with Crippen molar-refractivity contribution in [2.45, 2.75) is 26.2 Å².